The first-order valence-corrected chi connectivity index (χ1v) is 11.3. The van der Waals surface area contributed by atoms with E-state index in [-0.39, 0.29) is 41.6 Å². The van der Waals surface area contributed by atoms with Crippen LogP contribution in [0.15, 0.2) is 36.4 Å². The maximum Gasteiger partial charge on any atom is 0.286 e. The van der Waals surface area contributed by atoms with E-state index in [1.807, 2.05) is 32.9 Å². The number of thioether (sulfide) groups is 1. The number of hydrogen-bond donors (Lipinski definition) is 2. The van der Waals surface area contributed by atoms with Crippen molar-refractivity contribution in [3.8, 4) is 17.2 Å². The number of amides is 2. The summed E-state index contributed by atoms with van der Waals surface area (Å²) >= 11 is 1.00. The number of ketones is 1. The van der Waals surface area contributed by atoms with Gasteiger partial charge in [0, 0.05) is 5.56 Å². The molecule has 0 aliphatic carbocycles. The second-order valence-electron chi connectivity index (χ2n) is 8.73. The molecular formula is C24H25NO6S. The van der Waals surface area contributed by atoms with Crippen molar-refractivity contribution < 1.29 is 29.0 Å². The van der Waals surface area contributed by atoms with Crippen LogP contribution in [0.25, 0.3) is 0 Å². The van der Waals surface area contributed by atoms with Gasteiger partial charge in [0.25, 0.3) is 5.24 Å². The van der Waals surface area contributed by atoms with Crippen LogP contribution in [0.2, 0.25) is 0 Å². The molecule has 2 heterocycles. The third-order valence-electron chi connectivity index (χ3n) is 5.60. The lowest BCUT2D eigenvalue weighted by Crippen LogP contribution is -2.44. The van der Waals surface area contributed by atoms with Crippen LogP contribution in [0.1, 0.15) is 54.6 Å². The lowest BCUT2D eigenvalue weighted by atomic mass is 9.89. The summed E-state index contributed by atoms with van der Waals surface area (Å²) in [5.41, 5.74) is 1.20. The van der Waals surface area contributed by atoms with Crippen LogP contribution in [0.4, 0.5) is 4.79 Å². The number of ether oxygens (including phenoxy) is 2. The number of rotatable bonds is 6. The summed E-state index contributed by atoms with van der Waals surface area (Å²) in [4.78, 5) is 35.7. The van der Waals surface area contributed by atoms with Gasteiger partial charge in [0.1, 0.15) is 29.5 Å². The van der Waals surface area contributed by atoms with Gasteiger partial charge in [-0.05, 0) is 49.1 Å². The summed E-state index contributed by atoms with van der Waals surface area (Å²) in [5, 5.41) is 11.8. The second kappa shape index (κ2) is 8.50. The summed E-state index contributed by atoms with van der Waals surface area (Å²) in [5.74, 6) is 0.917. The quantitative estimate of drug-likeness (QED) is 0.673. The molecule has 2 N–H and O–H groups in total. The summed E-state index contributed by atoms with van der Waals surface area (Å²) in [6.07, 6.45) is 0.597. The SMILES string of the molecule is CC(C)c1cc2c(cc1O)C(=O)CC(C)(COc1ccc(CC3SC(=O)NC3=O)cc1)O2. The minimum atomic E-state index is -0.840. The number of phenolic OH excluding ortho intramolecular Hbond substituents is 1. The van der Waals surface area contributed by atoms with Crippen LogP contribution in [0, 0.1) is 0 Å². The number of hydrogen-bond acceptors (Lipinski definition) is 7. The van der Waals surface area contributed by atoms with E-state index < -0.39 is 10.9 Å². The number of aromatic hydroxyl groups is 1. The van der Waals surface area contributed by atoms with Crippen molar-refractivity contribution in [1.29, 1.82) is 0 Å². The molecule has 8 heteroatoms. The monoisotopic (exact) mass is 455 g/mol. The van der Waals surface area contributed by atoms with E-state index in [0.29, 0.717) is 23.5 Å². The molecule has 0 radical (unpaired) electrons. The zero-order valence-electron chi connectivity index (χ0n) is 18.1. The standard InChI is InChI=1S/C24H25NO6S/c1-13(2)16-10-20-17(9-18(16)26)19(27)11-24(3,31-20)12-30-15-6-4-14(5-7-15)8-21-22(28)25-23(29)32-21/h4-7,9-10,13,21,26H,8,11-12H2,1-3H3,(H,25,28,29). The first-order valence-electron chi connectivity index (χ1n) is 10.5. The van der Waals surface area contributed by atoms with Crippen LogP contribution in [-0.2, 0) is 11.2 Å². The highest BCUT2D eigenvalue weighted by molar-refractivity contribution is 8.15. The first kappa shape index (κ1) is 22.2. The number of carbonyl (C=O) groups excluding carboxylic acids is 3. The highest BCUT2D eigenvalue weighted by Crippen LogP contribution is 2.39. The third-order valence-corrected chi connectivity index (χ3v) is 6.58. The van der Waals surface area contributed by atoms with Gasteiger partial charge in [-0.15, -0.1) is 0 Å². The zero-order chi connectivity index (χ0) is 23.0. The largest absolute Gasteiger partial charge is 0.508 e. The van der Waals surface area contributed by atoms with Gasteiger partial charge in [0.2, 0.25) is 5.91 Å². The van der Waals surface area contributed by atoms with Crippen LogP contribution in [-0.4, -0.2) is 39.5 Å². The fourth-order valence-corrected chi connectivity index (χ4v) is 4.72. The second-order valence-corrected chi connectivity index (χ2v) is 9.91. The Hall–Kier alpha value is -3.00. The minimum absolute atomic E-state index is 0.0915. The average Bonchev–Trinajstić information content (AvgIpc) is 3.04. The van der Waals surface area contributed by atoms with Gasteiger partial charge in [-0.2, -0.15) is 0 Å². The van der Waals surface area contributed by atoms with Crippen LogP contribution in [0.3, 0.4) is 0 Å². The Kier molecular flexibility index (Phi) is 5.90. The number of nitrogens with one attached hydrogen (secondary N) is 1. The van der Waals surface area contributed by atoms with Crippen molar-refractivity contribution in [3.05, 3.63) is 53.1 Å². The van der Waals surface area contributed by atoms with E-state index in [1.165, 1.54) is 6.07 Å². The minimum Gasteiger partial charge on any atom is -0.508 e. The fraction of sp³-hybridized carbons (Fsp3) is 0.375. The average molecular weight is 456 g/mol. The van der Waals surface area contributed by atoms with E-state index in [1.54, 1.807) is 18.2 Å². The lowest BCUT2D eigenvalue weighted by molar-refractivity contribution is -0.118. The van der Waals surface area contributed by atoms with E-state index in [9.17, 15) is 19.5 Å². The number of carbonyl (C=O) groups is 3. The molecule has 0 bridgehead atoms. The van der Waals surface area contributed by atoms with Crippen LogP contribution < -0.4 is 14.8 Å². The molecular weight excluding hydrogens is 430 g/mol. The molecule has 0 spiro atoms. The highest BCUT2D eigenvalue weighted by Gasteiger charge is 2.38. The summed E-state index contributed by atoms with van der Waals surface area (Å²) in [7, 11) is 0. The number of fused-ring (bicyclic) bond motifs is 1. The van der Waals surface area contributed by atoms with E-state index in [0.717, 1.165) is 22.9 Å². The van der Waals surface area contributed by atoms with E-state index >= 15 is 0 Å². The highest BCUT2D eigenvalue weighted by atomic mass is 32.2. The molecule has 1 saturated heterocycles. The van der Waals surface area contributed by atoms with Crippen molar-refractivity contribution in [3.63, 3.8) is 0 Å². The number of phenols is 1. The normalized spacial score (nSPS) is 22.5. The Morgan fingerprint density at radius 1 is 1.22 bits per heavy atom. The van der Waals surface area contributed by atoms with Crippen molar-refractivity contribution in [1.82, 2.24) is 5.32 Å². The fourth-order valence-electron chi connectivity index (χ4n) is 3.87. The Labute approximate surface area is 190 Å². The van der Waals surface area contributed by atoms with Gasteiger partial charge in [-0.25, -0.2) is 0 Å². The molecule has 168 valence electrons. The Balaban J connectivity index is 1.41. The van der Waals surface area contributed by atoms with Gasteiger partial charge < -0.3 is 14.6 Å². The molecule has 2 amide bonds. The molecule has 2 atom stereocenters. The molecule has 2 aliphatic rings. The third kappa shape index (κ3) is 4.60. The van der Waals surface area contributed by atoms with Gasteiger partial charge in [-0.1, -0.05) is 37.7 Å². The molecule has 7 nitrogen and oxygen atoms in total. The molecule has 4 rings (SSSR count). The smallest absolute Gasteiger partial charge is 0.286 e. The van der Waals surface area contributed by atoms with Gasteiger partial charge in [0.05, 0.1) is 17.2 Å². The van der Waals surface area contributed by atoms with Gasteiger partial charge >= 0.3 is 0 Å². The summed E-state index contributed by atoms with van der Waals surface area (Å²) in [6, 6.07) is 10.5. The molecule has 0 aromatic heterocycles. The zero-order valence-corrected chi connectivity index (χ0v) is 19.0. The number of Topliss-reactive ketones (excluding diaryl/α,β-unsaturated/α-hetero) is 1. The molecule has 32 heavy (non-hydrogen) atoms. The van der Waals surface area contributed by atoms with Crippen molar-refractivity contribution >= 4 is 28.7 Å². The summed E-state index contributed by atoms with van der Waals surface area (Å²) < 4.78 is 12.1. The molecule has 2 aromatic carbocycles. The molecule has 2 aromatic rings. The van der Waals surface area contributed by atoms with Gasteiger partial charge in [0.15, 0.2) is 5.78 Å². The maximum atomic E-state index is 12.7. The molecule has 0 saturated carbocycles. The number of benzene rings is 2. The van der Waals surface area contributed by atoms with Crippen molar-refractivity contribution in [2.75, 3.05) is 6.61 Å². The molecule has 2 unspecified atom stereocenters. The van der Waals surface area contributed by atoms with Crippen molar-refractivity contribution in [2.24, 2.45) is 0 Å². The van der Waals surface area contributed by atoms with Gasteiger partial charge in [-0.3, -0.25) is 19.7 Å². The predicted molar refractivity (Wildman–Crippen MR) is 121 cm³/mol. The maximum absolute atomic E-state index is 12.7. The molecule has 1 fully saturated rings. The van der Waals surface area contributed by atoms with Crippen molar-refractivity contribution in [2.45, 2.75) is 50.4 Å². The Morgan fingerprint density at radius 3 is 2.56 bits per heavy atom. The summed E-state index contributed by atoms with van der Waals surface area (Å²) in [6.45, 7) is 5.93. The lowest BCUT2D eigenvalue weighted by Gasteiger charge is -2.35. The topological polar surface area (TPSA) is 102 Å². The number of imide groups is 1. The van der Waals surface area contributed by atoms with Crippen LogP contribution in [0.5, 0.6) is 17.2 Å². The predicted octanol–water partition coefficient (Wildman–Crippen LogP) is 4.21. The van der Waals surface area contributed by atoms with E-state index in [2.05, 4.69) is 5.32 Å². The van der Waals surface area contributed by atoms with Crippen LogP contribution >= 0.6 is 11.8 Å². The van der Waals surface area contributed by atoms with E-state index in [4.69, 9.17) is 9.47 Å². The Bertz CT molecular complexity index is 1080. The molecule has 2 aliphatic heterocycles. The Morgan fingerprint density at radius 2 is 1.94 bits per heavy atom. The first-order chi connectivity index (χ1) is 15.1.